The fourth-order valence-corrected chi connectivity index (χ4v) is 6.96. The van der Waals surface area contributed by atoms with Gasteiger partial charge in [-0.3, -0.25) is 9.59 Å². The molecule has 2 aliphatic rings. The Morgan fingerprint density at radius 2 is 1.94 bits per heavy atom. The van der Waals surface area contributed by atoms with Crippen molar-refractivity contribution in [2.75, 3.05) is 25.8 Å². The topological polar surface area (TPSA) is 165 Å². The zero-order valence-corrected chi connectivity index (χ0v) is 27.0. The predicted molar refractivity (Wildman–Crippen MR) is 181 cm³/mol. The molecule has 12 nitrogen and oxygen atoms in total. The lowest BCUT2D eigenvalue weighted by Crippen LogP contribution is -2.30. The molecule has 0 saturated heterocycles. The summed E-state index contributed by atoms with van der Waals surface area (Å²) in [5, 5.41) is 17.6. The summed E-state index contributed by atoms with van der Waals surface area (Å²) in [6, 6.07) is 22.5. The van der Waals surface area contributed by atoms with Gasteiger partial charge in [-0.25, -0.2) is 4.98 Å². The number of nitrogens with one attached hydrogen (secondary N) is 1. The van der Waals surface area contributed by atoms with Crippen LogP contribution in [0.25, 0.3) is 31.2 Å². The number of rotatable bonds is 8. The number of fused-ring (bicyclic) bond motifs is 3. The van der Waals surface area contributed by atoms with Gasteiger partial charge >= 0.3 is 0 Å². The molecule has 1 aromatic heterocycles. The first-order valence-electron chi connectivity index (χ1n) is 14.7. The molecule has 1 aliphatic carbocycles. The molecule has 0 fully saturated rings. The molecule has 2 heterocycles. The van der Waals surface area contributed by atoms with E-state index in [-0.39, 0.29) is 35.8 Å². The third kappa shape index (κ3) is 6.79. The zero-order chi connectivity index (χ0) is 33.6. The number of hydrogen-bond acceptors (Lipinski definition) is 10. The van der Waals surface area contributed by atoms with E-state index in [1.807, 2.05) is 18.2 Å². The van der Waals surface area contributed by atoms with Gasteiger partial charge in [0.2, 0.25) is 6.79 Å². The first kappa shape index (κ1) is 32.5. The van der Waals surface area contributed by atoms with Crippen LogP contribution in [-0.4, -0.2) is 43.0 Å². The molecule has 0 radical (unpaired) electrons. The van der Waals surface area contributed by atoms with Crippen LogP contribution in [0.2, 0.25) is 5.02 Å². The number of phenols is 1. The molecule has 0 saturated carbocycles. The van der Waals surface area contributed by atoms with Gasteiger partial charge in [-0.15, -0.1) is 11.3 Å². The number of thiazole rings is 1. The normalized spacial score (nSPS) is 15.7. The lowest BCUT2D eigenvalue weighted by atomic mass is 9.79. The first-order chi connectivity index (χ1) is 23.4. The van der Waals surface area contributed by atoms with Gasteiger partial charge in [0.05, 0.1) is 35.0 Å². The van der Waals surface area contributed by atoms with Gasteiger partial charge < -0.3 is 29.4 Å². The van der Waals surface area contributed by atoms with Crippen LogP contribution in [0.1, 0.15) is 33.9 Å². The highest BCUT2D eigenvalue weighted by Gasteiger charge is 2.32. The number of benzene rings is 4. The summed E-state index contributed by atoms with van der Waals surface area (Å²) in [4.78, 5) is 29.0. The van der Waals surface area contributed by atoms with Gasteiger partial charge in [0, 0.05) is 22.1 Å². The van der Waals surface area contributed by atoms with Gasteiger partial charge in [-0.1, -0.05) is 23.7 Å². The van der Waals surface area contributed by atoms with E-state index in [0.717, 1.165) is 56.4 Å². The number of para-hydroxylation sites is 2. The number of carbonyl (C=O) groups is 2. The van der Waals surface area contributed by atoms with E-state index in [1.54, 1.807) is 11.3 Å². The maximum absolute atomic E-state index is 11.1. The number of azide groups is 1. The molecule has 7 rings (SSSR count). The van der Waals surface area contributed by atoms with Gasteiger partial charge in [0.25, 0.3) is 12.4 Å². The number of aryl methyl sites for hydroxylation is 1. The van der Waals surface area contributed by atoms with Crippen molar-refractivity contribution in [2.45, 2.75) is 18.9 Å². The molecule has 2 N–H and O–H groups in total. The monoisotopic (exact) mass is 685 g/mol. The minimum absolute atomic E-state index is 0.0229. The Morgan fingerprint density at radius 3 is 2.67 bits per heavy atom. The first-order valence-corrected chi connectivity index (χ1v) is 15.9. The zero-order valence-electron chi connectivity index (χ0n) is 25.5. The van der Waals surface area contributed by atoms with E-state index >= 15 is 0 Å². The summed E-state index contributed by atoms with van der Waals surface area (Å²) >= 11 is 7.93. The van der Waals surface area contributed by atoms with Crippen LogP contribution in [0, 0.1) is 5.92 Å². The molecule has 1 aliphatic heterocycles. The van der Waals surface area contributed by atoms with Gasteiger partial charge in [0.1, 0.15) is 10.5 Å². The van der Waals surface area contributed by atoms with Gasteiger partial charge in [0.15, 0.2) is 23.0 Å². The Morgan fingerprint density at radius 1 is 1.17 bits per heavy atom. The standard InChI is InChI=1S/C26H21ClN2O4S.C8H7N3O3/c27-20-2-1-3-23-25(20)29-26(34-23)15-6-8-18(9-7-15)28-24-17(12-31-13-30)5-4-16-10-21-22(11-19(16)24)33-14-32-21;1-14-6-4-2-3-5(7(6)12)8(13)10-11-9/h1-3,6-11,13,17,24,28H,4-5,12,14H2;2-4,12H,1H3. The number of anilines is 1. The van der Waals surface area contributed by atoms with Crippen molar-refractivity contribution < 1.29 is 33.6 Å². The van der Waals surface area contributed by atoms with Crippen molar-refractivity contribution >= 4 is 51.2 Å². The Kier molecular flexibility index (Phi) is 9.81. The number of ether oxygens (including phenoxy) is 4. The third-order valence-electron chi connectivity index (χ3n) is 8.01. The van der Waals surface area contributed by atoms with Crippen LogP contribution in [0.4, 0.5) is 5.69 Å². The number of carbonyl (C=O) groups excluding carboxylic acids is 2. The summed E-state index contributed by atoms with van der Waals surface area (Å²) in [5.41, 5.74) is 13.2. The molecule has 2 atom stereocenters. The maximum Gasteiger partial charge on any atom is 0.293 e. The van der Waals surface area contributed by atoms with Crippen LogP contribution >= 0.6 is 22.9 Å². The molecular weight excluding hydrogens is 658 g/mol. The number of aromatic nitrogens is 1. The van der Waals surface area contributed by atoms with E-state index < -0.39 is 5.91 Å². The lowest BCUT2D eigenvalue weighted by molar-refractivity contribution is -0.130. The van der Waals surface area contributed by atoms with E-state index in [2.05, 4.69) is 51.7 Å². The average molecular weight is 686 g/mol. The number of amides is 1. The highest BCUT2D eigenvalue weighted by Crippen LogP contribution is 2.44. The number of phenolic OH excluding ortho intramolecular Hbond substituents is 1. The van der Waals surface area contributed by atoms with Gasteiger partial charge in [-0.2, -0.15) is 0 Å². The molecule has 244 valence electrons. The molecule has 0 bridgehead atoms. The van der Waals surface area contributed by atoms with E-state index in [4.69, 9.17) is 41.1 Å². The van der Waals surface area contributed by atoms with E-state index in [0.29, 0.717) is 18.1 Å². The van der Waals surface area contributed by atoms with Gasteiger partial charge in [-0.05, 0) is 95.3 Å². The van der Waals surface area contributed by atoms with E-state index in [1.165, 1.54) is 30.9 Å². The molecule has 5 aromatic rings. The number of hydrogen-bond donors (Lipinski definition) is 2. The molecular formula is C34H28ClN5O7S. The molecule has 1 amide bonds. The number of halogens is 1. The number of methoxy groups -OCH3 is 1. The van der Waals surface area contributed by atoms with Crippen molar-refractivity contribution in [3.63, 3.8) is 0 Å². The summed E-state index contributed by atoms with van der Waals surface area (Å²) < 4.78 is 22.2. The number of aromatic hydroxyl groups is 1. The second-order valence-electron chi connectivity index (χ2n) is 10.8. The quantitative estimate of drug-likeness (QED) is 0.0710. The lowest BCUT2D eigenvalue weighted by Gasteiger charge is -2.34. The largest absolute Gasteiger partial charge is 0.504 e. The predicted octanol–water partition coefficient (Wildman–Crippen LogP) is 8.09. The molecule has 2 unspecified atom stereocenters. The fraction of sp³-hybridized carbons (Fsp3) is 0.206. The average Bonchev–Trinajstić information content (AvgIpc) is 3.76. The van der Waals surface area contributed by atoms with Crippen LogP contribution in [-0.2, 0) is 16.0 Å². The Balaban J connectivity index is 0.000000242. The van der Waals surface area contributed by atoms with Crippen molar-refractivity contribution in [2.24, 2.45) is 11.0 Å². The fourth-order valence-electron chi connectivity index (χ4n) is 5.69. The third-order valence-corrected chi connectivity index (χ3v) is 9.39. The van der Waals surface area contributed by atoms with Crippen molar-refractivity contribution in [3.8, 4) is 33.6 Å². The second kappa shape index (κ2) is 14.5. The summed E-state index contributed by atoms with van der Waals surface area (Å²) in [5.74, 6) is 0.678. The molecule has 4 aromatic carbocycles. The number of nitrogens with zero attached hydrogens (tertiary/aromatic N) is 4. The highest BCUT2D eigenvalue weighted by atomic mass is 35.5. The molecule has 0 spiro atoms. The Bertz CT molecular complexity index is 2030. The van der Waals surface area contributed by atoms with Crippen LogP contribution in [0.15, 0.2) is 77.9 Å². The second-order valence-corrected chi connectivity index (χ2v) is 12.2. The Labute approximate surface area is 283 Å². The highest BCUT2D eigenvalue weighted by molar-refractivity contribution is 7.21. The SMILES string of the molecule is COc1cccc(C(=O)N=[N+]=[N-])c1O.O=COCC1CCc2cc3c(cc2C1Nc1ccc(-c2nc4c(Cl)cccc4s2)cc1)OCO3. The van der Waals surface area contributed by atoms with Crippen molar-refractivity contribution in [1.82, 2.24) is 4.98 Å². The summed E-state index contributed by atoms with van der Waals surface area (Å²) in [6.07, 6.45) is 1.80. The Hall–Kier alpha value is -5.49. The molecule has 14 heteroatoms. The smallest absolute Gasteiger partial charge is 0.293 e. The minimum atomic E-state index is -0.844. The van der Waals surface area contributed by atoms with Crippen molar-refractivity contribution in [1.29, 1.82) is 0 Å². The van der Waals surface area contributed by atoms with E-state index in [9.17, 15) is 14.7 Å². The van der Waals surface area contributed by atoms with Crippen LogP contribution < -0.4 is 19.5 Å². The minimum Gasteiger partial charge on any atom is -0.504 e. The molecule has 48 heavy (non-hydrogen) atoms. The maximum atomic E-state index is 11.1. The summed E-state index contributed by atoms with van der Waals surface area (Å²) in [6.45, 7) is 1.12. The summed E-state index contributed by atoms with van der Waals surface area (Å²) in [7, 11) is 1.36. The van der Waals surface area contributed by atoms with Crippen molar-refractivity contribution in [3.05, 3.63) is 105 Å². The van der Waals surface area contributed by atoms with Crippen LogP contribution in [0.5, 0.6) is 23.0 Å². The van der Waals surface area contributed by atoms with Crippen LogP contribution in [0.3, 0.4) is 0 Å².